The van der Waals surface area contributed by atoms with Gasteiger partial charge in [-0.05, 0) is 60.2 Å². The van der Waals surface area contributed by atoms with Gasteiger partial charge in [0.15, 0.2) is 17.8 Å². The number of phenolic OH excluding ortho intramolecular Hbond substituents is 1. The van der Waals surface area contributed by atoms with Crippen LogP contribution in [-0.4, -0.2) is 99.1 Å². The molecule has 0 aliphatic carbocycles. The number of aromatic hydroxyl groups is 1. The molecular weight excluding hydrogens is 584 g/mol. The fourth-order valence-corrected chi connectivity index (χ4v) is 6.03. The molecule has 1 amide bonds. The molecule has 2 fully saturated rings. The molecule has 2 aliphatic rings. The monoisotopic (exact) mass is 618 g/mol. The zero-order valence-electron chi connectivity index (χ0n) is 25.2. The molecule has 12 nitrogen and oxygen atoms in total. The van der Waals surface area contributed by atoms with Crippen LogP contribution < -0.4 is 10.6 Å². The van der Waals surface area contributed by atoms with E-state index in [1.807, 2.05) is 28.8 Å². The molecule has 0 spiro atoms. The van der Waals surface area contributed by atoms with E-state index < -0.39 is 0 Å². The number of aromatic nitrogens is 4. The smallest absolute Gasteiger partial charge is 0.253 e. The molecule has 12 heteroatoms. The predicted molar refractivity (Wildman–Crippen MR) is 174 cm³/mol. The lowest BCUT2D eigenvalue weighted by Crippen LogP contribution is -2.48. The highest BCUT2D eigenvalue weighted by molar-refractivity contribution is 5.96. The van der Waals surface area contributed by atoms with Crippen LogP contribution in [-0.2, 0) is 11.3 Å². The normalized spacial score (nSPS) is 15.7. The van der Waals surface area contributed by atoms with Gasteiger partial charge < -0.3 is 25.4 Å². The molecule has 0 atom stereocenters. The molecule has 2 saturated heterocycles. The van der Waals surface area contributed by atoms with Gasteiger partial charge in [0.25, 0.3) is 5.91 Å². The van der Waals surface area contributed by atoms with Crippen molar-refractivity contribution >= 4 is 35.0 Å². The molecule has 0 radical (unpaired) electrons. The van der Waals surface area contributed by atoms with E-state index >= 15 is 0 Å². The first kappa shape index (κ1) is 29.4. The number of piperazine rings is 1. The number of imidazole rings is 1. The first-order valence-electron chi connectivity index (χ1n) is 15.3. The van der Waals surface area contributed by atoms with Gasteiger partial charge in [-0.1, -0.05) is 12.1 Å². The molecule has 234 valence electrons. The van der Waals surface area contributed by atoms with E-state index in [0.717, 1.165) is 66.5 Å². The van der Waals surface area contributed by atoms with Crippen LogP contribution in [0.1, 0.15) is 26.3 Å². The molecular formula is C34H34N8O4. The number of nitrogen functional groups attached to an aromatic ring is 1. The number of amides is 1. The van der Waals surface area contributed by atoms with E-state index in [9.17, 15) is 14.7 Å². The minimum absolute atomic E-state index is 0.112. The van der Waals surface area contributed by atoms with Crippen LogP contribution in [0.4, 0.5) is 11.6 Å². The Hall–Kier alpha value is -5.33. The van der Waals surface area contributed by atoms with E-state index in [1.165, 1.54) is 12.1 Å². The minimum Gasteiger partial charge on any atom is -0.507 e. The van der Waals surface area contributed by atoms with Gasteiger partial charge >= 0.3 is 0 Å². The summed E-state index contributed by atoms with van der Waals surface area (Å²) in [5, 5.41) is 9.77. The van der Waals surface area contributed by atoms with Crippen LogP contribution in [0.25, 0.3) is 28.2 Å². The number of morpholine rings is 1. The van der Waals surface area contributed by atoms with Crippen LogP contribution in [0, 0.1) is 0 Å². The Morgan fingerprint density at radius 3 is 2.46 bits per heavy atom. The summed E-state index contributed by atoms with van der Waals surface area (Å²) in [6.07, 6.45) is 2.22. The number of nitrogens with zero attached hydrogens (tertiary/aromatic N) is 7. The fraction of sp³-hybridized carbons (Fsp3) is 0.265. The van der Waals surface area contributed by atoms with Crippen LogP contribution in [0.15, 0.2) is 72.9 Å². The third kappa shape index (κ3) is 5.75. The highest BCUT2D eigenvalue weighted by atomic mass is 16.5. The van der Waals surface area contributed by atoms with Crippen molar-refractivity contribution in [2.24, 2.45) is 0 Å². The third-order valence-electron chi connectivity index (χ3n) is 8.57. The molecule has 5 aromatic rings. The second kappa shape index (κ2) is 12.6. The van der Waals surface area contributed by atoms with Gasteiger partial charge in [-0.2, -0.15) is 0 Å². The van der Waals surface area contributed by atoms with E-state index in [1.54, 1.807) is 17.2 Å². The summed E-state index contributed by atoms with van der Waals surface area (Å²) >= 11 is 0. The maximum Gasteiger partial charge on any atom is 0.253 e. The van der Waals surface area contributed by atoms with Crippen LogP contribution in [0.5, 0.6) is 5.75 Å². The van der Waals surface area contributed by atoms with Crippen molar-refractivity contribution in [1.29, 1.82) is 0 Å². The summed E-state index contributed by atoms with van der Waals surface area (Å²) in [4.78, 5) is 44.9. The predicted octanol–water partition coefficient (Wildman–Crippen LogP) is 3.38. The molecule has 2 aliphatic heterocycles. The van der Waals surface area contributed by atoms with E-state index in [-0.39, 0.29) is 17.2 Å². The minimum atomic E-state index is -0.143. The number of nitrogens with two attached hydrogens (primary N) is 1. The van der Waals surface area contributed by atoms with E-state index in [0.29, 0.717) is 49.8 Å². The maximum absolute atomic E-state index is 13.0. The highest BCUT2D eigenvalue weighted by Crippen LogP contribution is 2.32. The Morgan fingerprint density at radius 2 is 1.72 bits per heavy atom. The number of pyridine rings is 2. The van der Waals surface area contributed by atoms with Crippen molar-refractivity contribution in [2.45, 2.75) is 6.54 Å². The molecule has 7 rings (SSSR count). The number of carbonyl (C=O) groups excluding carboxylic acids is 2. The lowest BCUT2D eigenvalue weighted by atomic mass is 10.1. The Bertz CT molecular complexity index is 1890. The van der Waals surface area contributed by atoms with Crippen LogP contribution in [0.3, 0.4) is 0 Å². The van der Waals surface area contributed by atoms with E-state index in [4.69, 9.17) is 20.4 Å². The van der Waals surface area contributed by atoms with Gasteiger partial charge in [0.05, 0.1) is 24.3 Å². The molecule has 46 heavy (non-hydrogen) atoms. The number of carbonyl (C=O) groups is 2. The first-order valence-corrected chi connectivity index (χ1v) is 15.3. The second-order valence-corrected chi connectivity index (χ2v) is 11.4. The maximum atomic E-state index is 13.0. The number of hydrogen-bond acceptors (Lipinski definition) is 10. The number of benzene rings is 2. The number of fused-ring (bicyclic) bond motifs is 1. The molecule has 0 bridgehead atoms. The number of ether oxygens (including phenoxy) is 1. The van der Waals surface area contributed by atoms with Gasteiger partial charge in [-0.15, -0.1) is 0 Å². The van der Waals surface area contributed by atoms with Gasteiger partial charge in [0, 0.05) is 63.3 Å². The van der Waals surface area contributed by atoms with Crippen molar-refractivity contribution in [2.75, 3.05) is 63.1 Å². The highest BCUT2D eigenvalue weighted by Gasteiger charge is 2.24. The van der Waals surface area contributed by atoms with Gasteiger partial charge in [-0.3, -0.25) is 19.1 Å². The number of phenols is 1. The first-order chi connectivity index (χ1) is 22.5. The van der Waals surface area contributed by atoms with Crippen molar-refractivity contribution in [1.82, 2.24) is 29.3 Å². The largest absolute Gasteiger partial charge is 0.507 e. The standard InChI is InChI=1S/C34H34N8O4/c35-31-27(2-1-11-36-31)32-37-28-8-10-30(40-16-18-46-19-17-40)38-33(28)42(32)26-6-3-23(4-7-26)21-39-12-14-41(15-13-39)34(45)24-5-9-29(44)25(20-24)22-43/h1-11,20,22,44H,12-19,21H2,(H2,35,36). The second-order valence-electron chi connectivity index (χ2n) is 11.4. The average molecular weight is 619 g/mol. The summed E-state index contributed by atoms with van der Waals surface area (Å²) in [6.45, 7) is 6.23. The van der Waals surface area contributed by atoms with Crippen molar-refractivity contribution in [3.63, 3.8) is 0 Å². The van der Waals surface area contributed by atoms with Crippen molar-refractivity contribution in [3.8, 4) is 22.8 Å². The zero-order chi connectivity index (χ0) is 31.6. The molecule has 0 unspecified atom stereocenters. The number of aldehydes is 1. The van der Waals surface area contributed by atoms with Gasteiger partial charge in [0.1, 0.15) is 22.9 Å². The van der Waals surface area contributed by atoms with E-state index in [2.05, 4.69) is 39.0 Å². The number of anilines is 2. The third-order valence-corrected chi connectivity index (χ3v) is 8.57. The number of hydrogen-bond donors (Lipinski definition) is 2. The number of rotatable bonds is 7. The van der Waals surface area contributed by atoms with Crippen molar-refractivity contribution < 1.29 is 19.4 Å². The molecule has 5 heterocycles. The lowest BCUT2D eigenvalue weighted by molar-refractivity contribution is 0.0628. The fourth-order valence-electron chi connectivity index (χ4n) is 6.03. The Kier molecular flexibility index (Phi) is 8.04. The lowest BCUT2D eigenvalue weighted by Gasteiger charge is -2.35. The topological polar surface area (TPSA) is 143 Å². The Labute approximate surface area is 265 Å². The average Bonchev–Trinajstić information content (AvgIpc) is 3.48. The molecule has 2 aromatic carbocycles. The Balaban J connectivity index is 1.11. The summed E-state index contributed by atoms with van der Waals surface area (Å²) in [5.41, 5.74) is 11.1. The van der Waals surface area contributed by atoms with Crippen LogP contribution >= 0.6 is 0 Å². The summed E-state index contributed by atoms with van der Waals surface area (Å²) in [6, 6.07) is 20.5. The molecule has 3 aromatic heterocycles. The summed E-state index contributed by atoms with van der Waals surface area (Å²) in [5.74, 6) is 1.68. The van der Waals surface area contributed by atoms with Crippen molar-refractivity contribution in [3.05, 3.63) is 89.6 Å². The summed E-state index contributed by atoms with van der Waals surface area (Å²) in [7, 11) is 0. The van der Waals surface area contributed by atoms with Crippen LogP contribution in [0.2, 0.25) is 0 Å². The summed E-state index contributed by atoms with van der Waals surface area (Å²) < 4.78 is 7.58. The van der Waals surface area contributed by atoms with Gasteiger partial charge in [-0.25, -0.2) is 15.0 Å². The zero-order valence-corrected chi connectivity index (χ0v) is 25.2. The molecule has 3 N–H and O–H groups in total. The van der Waals surface area contributed by atoms with Gasteiger partial charge in [0.2, 0.25) is 0 Å². The SMILES string of the molecule is Nc1ncccc1-c1nc2ccc(N3CCOCC3)nc2n1-c1ccc(CN2CCN(C(=O)c3ccc(O)c(C=O)c3)CC2)cc1. The quantitative estimate of drug-likeness (QED) is 0.261. The Morgan fingerprint density at radius 1 is 0.935 bits per heavy atom. The molecule has 0 saturated carbocycles.